The van der Waals surface area contributed by atoms with Gasteiger partial charge in [0.25, 0.3) is 5.91 Å². The monoisotopic (exact) mass is 338 g/mol. The SMILES string of the molecule is COc1cc(C(=O)NC(CCC(C)(C)C)C(=O)O)ccc1[N+](=O)[O-]. The highest BCUT2D eigenvalue weighted by Gasteiger charge is 2.24. The molecule has 1 atom stereocenters. The van der Waals surface area contributed by atoms with Crippen molar-refractivity contribution in [2.24, 2.45) is 5.41 Å². The van der Waals surface area contributed by atoms with Crippen molar-refractivity contribution in [3.8, 4) is 5.75 Å². The first kappa shape index (κ1) is 19.4. The van der Waals surface area contributed by atoms with E-state index in [1.807, 2.05) is 20.8 Å². The number of amides is 1. The minimum Gasteiger partial charge on any atom is -0.490 e. The summed E-state index contributed by atoms with van der Waals surface area (Å²) in [6, 6.07) is 2.60. The molecule has 2 N–H and O–H groups in total. The number of hydrogen-bond acceptors (Lipinski definition) is 5. The number of carbonyl (C=O) groups is 2. The third kappa shape index (κ3) is 5.53. The van der Waals surface area contributed by atoms with Crippen molar-refractivity contribution in [3.05, 3.63) is 33.9 Å². The van der Waals surface area contributed by atoms with E-state index in [1.165, 1.54) is 19.2 Å². The Bertz CT molecular complexity index is 636. The van der Waals surface area contributed by atoms with Crippen molar-refractivity contribution >= 4 is 17.6 Å². The lowest BCUT2D eigenvalue weighted by Crippen LogP contribution is -2.41. The second kappa shape index (κ2) is 7.76. The van der Waals surface area contributed by atoms with E-state index in [4.69, 9.17) is 4.74 Å². The average Bonchev–Trinajstić information content (AvgIpc) is 2.49. The van der Waals surface area contributed by atoms with Gasteiger partial charge in [-0.15, -0.1) is 0 Å². The van der Waals surface area contributed by atoms with E-state index < -0.39 is 22.8 Å². The highest BCUT2D eigenvalue weighted by molar-refractivity contribution is 5.97. The van der Waals surface area contributed by atoms with E-state index in [2.05, 4.69) is 5.32 Å². The Morgan fingerprint density at radius 1 is 1.38 bits per heavy atom. The molecule has 1 unspecified atom stereocenters. The molecule has 1 aromatic rings. The summed E-state index contributed by atoms with van der Waals surface area (Å²) >= 11 is 0. The number of nitro groups is 1. The van der Waals surface area contributed by atoms with Gasteiger partial charge in [0.15, 0.2) is 5.75 Å². The first-order valence-electron chi connectivity index (χ1n) is 7.41. The van der Waals surface area contributed by atoms with Gasteiger partial charge in [-0.05, 0) is 24.3 Å². The maximum atomic E-state index is 12.2. The molecule has 8 heteroatoms. The van der Waals surface area contributed by atoms with Gasteiger partial charge < -0.3 is 15.2 Å². The van der Waals surface area contributed by atoms with Crippen LogP contribution in [0.2, 0.25) is 0 Å². The summed E-state index contributed by atoms with van der Waals surface area (Å²) in [6.07, 6.45) is 0.905. The van der Waals surface area contributed by atoms with Crippen molar-refractivity contribution in [3.63, 3.8) is 0 Å². The Hall–Kier alpha value is -2.64. The number of aliphatic carboxylic acids is 1. The number of nitro benzene ring substituents is 1. The fraction of sp³-hybridized carbons (Fsp3) is 0.500. The summed E-state index contributed by atoms with van der Waals surface area (Å²) in [4.78, 5) is 33.8. The molecule has 0 radical (unpaired) electrons. The fourth-order valence-electron chi connectivity index (χ4n) is 2.05. The van der Waals surface area contributed by atoms with Crippen LogP contribution in [0, 0.1) is 15.5 Å². The number of methoxy groups -OCH3 is 1. The zero-order valence-electron chi connectivity index (χ0n) is 14.2. The second-order valence-corrected chi connectivity index (χ2v) is 6.61. The minimum atomic E-state index is -1.12. The van der Waals surface area contributed by atoms with Crippen molar-refractivity contribution in [2.75, 3.05) is 7.11 Å². The summed E-state index contributed by atoms with van der Waals surface area (Å²) in [7, 11) is 1.26. The Kier molecular flexibility index (Phi) is 6.27. The van der Waals surface area contributed by atoms with Crippen LogP contribution in [-0.2, 0) is 4.79 Å². The van der Waals surface area contributed by atoms with Gasteiger partial charge in [0.1, 0.15) is 6.04 Å². The number of benzene rings is 1. The molecule has 0 spiro atoms. The Morgan fingerprint density at radius 3 is 2.46 bits per heavy atom. The van der Waals surface area contributed by atoms with Crippen molar-refractivity contribution in [1.29, 1.82) is 0 Å². The van der Waals surface area contributed by atoms with Crippen molar-refractivity contribution in [1.82, 2.24) is 5.32 Å². The Balaban J connectivity index is 2.92. The number of carbonyl (C=O) groups excluding carboxylic acids is 1. The third-order valence-electron chi connectivity index (χ3n) is 3.43. The molecular formula is C16H22N2O6. The maximum absolute atomic E-state index is 12.2. The number of nitrogens with zero attached hydrogens (tertiary/aromatic N) is 1. The first-order valence-corrected chi connectivity index (χ1v) is 7.41. The average molecular weight is 338 g/mol. The molecule has 0 aromatic heterocycles. The molecule has 1 aromatic carbocycles. The molecule has 0 saturated carbocycles. The number of ether oxygens (including phenoxy) is 1. The van der Waals surface area contributed by atoms with Crippen LogP contribution < -0.4 is 10.1 Å². The van der Waals surface area contributed by atoms with Crippen LogP contribution in [0.1, 0.15) is 44.0 Å². The third-order valence-corrected chi connectivity index (χ3v) is 3.43. The molecule has 0 bridgehead atoms. The van der Waals surface area contributed by atoms with Gasteiger partial charge in [-0.1, -0.05) is 20.8 Å². The molecular weight excluding hydrogens is 316 g/mol. The molecule has 0 saturated heterocycles. The maximum Gasteiger partial charge on any atom is 0.326 e. The van der Waals surface area contributed by atoms with E-state index in [0.717, 1.165) is 6.07 Å². The van der Waals surface area contributed by atoms with Gasteiger partial charge in [0, 0.05) is 17.7 Å². The van der Waals surface area contributed by atoms with Crippen molar-refractivity contribution < 1.29 is 24.4 Å². The zero-order valence-corrected chi connectivity index (χ0v) is 14.2. The number of hydrogen-bond donors (Lipinski definition) is 2. The second-order valence-electron chi connectivity index (χ2n) is 6.61. The molecule has 24 heavy (non-hydrogen) atoms. The minimum absolute atomic E-state index is 0.0605. The summed E-state index contributed by atoms with van der Waals surface area (Å²) in [5.74, 6) is -1.81. The van der Waals surface area contributed by atoms with Crippen LogP contribution in [-0.4, -0.2) is 35.1 Å². The molecule has 8 nitrogen and oxygen atoms in total. The van der Waals surface area contributed by atoms with Crippen molar-refractivity contribution in [2.45, 2.75) is 39.7 Å². The molecule has 1 rings (SSSR count). The summed E-state index contributed by atoms with van der Waals surface area (Å²) in [6.45, 7) is 5.94. The van der Waals surface area contributed by atoms with Crippen LogP contribution in [0.3, 0.4) is 0 Å². The van der Waals surface area contributed by atoms with E-state index in [9.17, 15) is 24.8 Å². The van der Waals surface area contributed by atoms with Gasteiger partial charge in [-0.25, -0.2) is 4.79 Å². The molecule has 0 aliphatic rings. The summed E-state index contributed by atoms with van der Waals surface area (Å²) in [5, 5.41) is 22.6. The first-order chi connectivity index (χ1) is 11.0. The van der Waals surface area contributed by atoms with Crippen LogP contribution in [0.5, 0.6) is 5.75 Å². The summed E-state index contributed by atoms with van der Waals surface area (Å²) < 4.78 is 4.90. The van der Waals surface area contributed by atoms with Gasteiger partial charge in [-0.2, -0.15) is 0 Å². The molecule has 1 amide bonds. The normalized spacial score (nSPS) is 12.3. The quantitative estimate of drug-likeness (QED) is 0.582. The van der Waals surface area contributed by atoms with E-state index >= 15 is 0 Å². The van der Waals surface area contributed by atoms with E-state index in [0.29, 0.717) is 6.42 Å². The highest BCUT2D eigenvalue weighted by atomic mass is 16.6. The number of rotatable bonds is 7. The molecule has 0 heterocycles. The molecule has 132 valence electrons. The number of carboxylic acid groups (broad SMARTS) is 1. The smallest absolute Gasteiger partial charge is 0.326 e. The van der Waals surface area contributed by atoms with Gasteiger partial charge in [0.2, 0.25) is 0 Å². The predicted octanol–water partition coefficient (Wildman–Crippen LogP) is 2.61. The van der Waals surface area contributed by atoms with Gasteiger partial charge in [0.05, 0.1) is 12.0 Å². The highest BCUT2D eigenvalue weighted by Crippen LogP contribution is 2.27. The van der Waals surface area contributed by atoms with E-state index in [1.54, 1.807) is 0 Å². The summed E-state index contributed by atoms with van der Waals surface area (Å²) in [5.41, 5.74) is -0.231. The van der Waals surface area contributed by atoms with Gasteiger partial charge in [-0.3, -0.25) is 14.9 Å². The fourth-order valence-corrected chi connectivity index (χ4v) is 2.05. The van der Waals surface area contributed by atoms with Crippen LogP contribution in [0.25, 0.3) is 0 Å². The predicted molar refractivity (Wildman–Crippen MR) is 87.2 cm³/mol. The lowest BCUT2D eigenvalue weighted by molar-refractivity contribution is -0.385. The zero-order chi connectivity index (χ0) is 18.5. The Morgan fingerprint density at radius 2 is 2.00 bits per heavy atom. The lowest BCUT2D eigenvalue weighted by Gasteiger charge is -2.21. The number of nitrogens with one attached hydrogen (secondary N) is 1. The van der Waals surface area contributed by atoms with E-state index in [-0.39, 0.29) is 28.8 Å². The van der Waals surface area contributed by atoms with Crippen LogP contribution in [0.4, 0.5) is 5.69 Å². The molecule has 0 aliphatic heterocycles. The Labute approximate surface area is 140 Å². The van der Waals surface area contributed by atoms with Crippen LogP contribution >= 0.6 is 0 Å². The topological polar surface area (TPSA) is 119 Å². The standard InChI is InChI=1S/C16H22N2O6/c1-16(2,3)8-7-11(15(20)21)17-14(19)10-5-6-12(18(22)23)13(9-10)24-4/h5-6,9,11H,7-8H2,1-4H3,(H,17,19)(H,20,21). The lowest BCUT2D eigenvalue weighted by atomic mass is 9.88. The molecule has 0 fully saturated rings. The molecule has 0 aliphatic carbocycles. The van der Waals surface area contributed by atoms with Crippen LogP contribution in [0.15, 0.2) is 18.2 Å². The largest absolute Gasteiger partial charge is 0.490 e. The number of carboxylic acids is 1. The van der Waals surface area contributed by atoms with Gasteiger partial charge >= 0.3 is 11.7 Å².